The van der Waals surface area contributed by atoms with Crippen molar-refractivity contribution >= 4 is 27.0 Å². The lowest BCUT2D eigenvalue weighted by molar-refractivity contribution is 0.415. The third kappa shape index (κ3) is 3.51. The van der Waals surface area contributed by atoms with E-state index >= 15 is 0 Å². The van der Waals surface area contributed by atoms with Gasteiger partial charge in [0.25, 0.3) is 5.89 Å². The zero-order valence-corrected chi connectivity index (χ0v) is 19.0. The van der Waals surface area contributed by atoms with E-state index < -0.39 is 25.9 Å². The molecule has 1 aromatic carbocycles. The second kappa shape index (κ2) is 7.13. The van der Waals surface area contributed by atoms with Gasteiger partial charge in [-0.1, -0.05) is 0 Å². The van der Waals surface area contributed by atoms with Gasteiger partial charge in [-0.3, -0.25) is 4.99 Å². The van der Waals surface area contributed by atoms with Crippen LogP contribution in [0.3, 0.4) is 0 Å². The van der Waals surface area contributed by atoms with Gasteiger partial charge < -0.3 is 14.9 Å². The second-order valence-electron chi connectivity index (χ2n) is 7.97. The topological polar surface area (TPSA) is 121 Å². The van der Waals surface area contributed by atoms with Crippen LogP contribution in [0.1, 0.15) is 25.6 Å². The van der Waals surface area contributed by atoms with Gasteiger partial charge in [0.05, 0.1) is 22.6 Å². The Morgan fingerprint density at radius 1 is 1.16 bits per heavy atom. The van der Waals surface area contributed by atoms with Gasteiger partial charge in [-0.05, 0) is 51.1 Å². The molecule has 1 atom stereocenters. The van der Waals surface area contributed by atoms with Crippen LogP contribution in [0.4, 0.5) is 4.39 Å². The van der Waals surface area contributed by atoms with Gasteiger partial charge in [0.15, 0.2) is 9.84 Å². The number of sulfone groups is 1. The Balaban J connectivity index is 1.70. The fraction of sp³-hybridized carbons (Fsp3) is 0.350. The number of halogens is 1. The average molecular weight is 465 g/mol. The van der Waals surface area contributed by atoms with Gasteiger partial charge in [-0.15, -0.1) is 21.5 Å². The standard InChI is InChI=1S/C20H21FN4O4S2/c1-19(2)18(22)23-20(3,10-31(19,26)27)15-13(21)9-14(30-15)17-25-24-16(29-17)11-5-7-12(28-4)8-6-11/h5-9H,10H2,1-4H3,(H2,22,23)/t20-/m0/s1. The maximum absolute atomic E-state index is 14.9. The lowest BCUT2D eigenvalue weighted by atomic mass is 10.0. The number of amidine groups is 1. The highest BCUT2D eigenvalue weighted by Crippen LogP contribution is 2.43. The highest BCUT2D eigenvalue weighted by Gasteiger charge is 2.50. The fourth-order valence-electron chi connectivity index (χ4n) is 3.27. The van der Waals surface area contributed by atoms with Crippen LogP contribution in [-0.4, -0.2) is 42.1 Å². The predicted octanol–water partition coefficient (Wildman–Crippen LogP) is 3.39. The Labute approximate surface area is 182 Å². The molecule has 8 nitrogen and oxygen atoms in total. The van der Waals surface area contributed by atoms with Gasteiger partial charge in [0, 0.05) is 5.56 Å². The molecule has 164 valence electrons. The minimum atomic E-state index is -3.65. The number of hydrogen-bond donors (Lipinski definition) is 1. The Morgan fingerprint density at radius 2 is 1.81 bits per heavy atom. The lowest BCUT2D eigenvalue weighted by Crippen LogP contribution is -2.54. The molecule has 1 aliphatic heterocycles. The Bertz CT molecular complexity index is 1280. The first-order valence-corrected chi connectivity index (χ1v) is 11.8. The van der Waals surface area contributed by atoms with E-state index in [1.54, 1.807) is 38.3 Å². The largest absolute Gasteiger partial charge is 0.497 e. The Morgan fingerprint density at radius 3 is 2.42 bits per heavy atom. The summed E-state index contributed by atoms with van der Waals surface area (Å²) in [6.07, 6.45) is 0. The monoisotopic (exact) mass is 464 g/mol. The van der Waals surface area contributed by atoms with Crippen LogP contribution in [0, 0.1) is 5.82 Å². The Kier molecular flexibility index (Phi) is 4.93. The summed E-state index contributed by atoms with van der Waals surface area (Å²) in [5.74, 6) is 0.0790. The number of nitrogens with zero attached hydrogens (tertiary/aromatic N) is 3. The van der Waals surface area contributed by atoms with E-state index in [-0.39, 0.29) is 28.2 Å². The summed E-state index contributed by atoms with van der Waals surface area (Å²) in [6, 6.07) is 8.30. The quantitative estimate of drug-likeness (QED) is 0.628. The van der Waals surface area contributed by atoms with Gasteiger partial charge in [0.1, 0.15) is 27.7 Å². The molecule has 3 heterocycles. The molecule has 0 spiro atoms. The molecule has 0 bridgehead atoms. The maximum atomic E-state index is 14.9. The van der Waals surface area contributed by atoms with Crippen molar-refractivity contribution in [3.63, 3.8) is 0 Å². The molecule has 2 aromatic heterocycles. The molecular weight excluding hydrogens is 443 g/mol. The molecule has 0 radical (unpaired) electrons. The van der Waals surface area contributed by atoms with Crippen molar-refractivity contribution in [3.05, 3.63) is 41.0 Å². The molecule has 3 aromatic rings. The highest BCUT2D eigenvalue weighted by atomic mass is 32.2. The van der Waals surface area contributed by atoms with Crippen LogP contribution in [0.15, 0.2) is 39.7 Å². The van der Waals surface area contributed by atoms with Gasteiger partial charge >= 0.3 is 0 Å². The molecule has 0 saturated heterocycles. The molecule has 4 rings (SSSR count). The summed E-state index contributed by atoms with van der Waals surface area (Å²) < 4.78 is 50.0. The molecule has 0 saturated carbocycles. The maximum Gasteiger partial charge on any atom is 0.258 e. The zero-order valence-electron chi connectivity index (χ0n) is 17.3. The Hall–Kier alpha value is -2.79. The summed E-state index contributed by atoms with van der Waals surface area (Å²) in [4.78, 5) is 4.90. The summed E-state index contributed by atoms with van der Waals surface area (Å²) in [7, 11) is -2.08. The van der Waals surface area contributed by atoms with Crippen molar-refractivity contribution in [2.24, 2.45) is 10.7 Å². The van der Waals surface area contributed by atoms with E-state index in [1.165, 1.54) is 19.9 Å². The van der Waals surface area contributed by atoms with Crippen LogP contribution in [0.5, 0.6) is 5.75 Å². The fourth-order valence-corrected chi connectivity index (χ4v) is 6.08. The molecule has 0 aliphatic carbocycles. The number of ether oxygens (including phenoxy) is 1. The van der Waals surface area contributed by atoms with Crippen molar-refractivity contribution in [1.82, 2.24) is 10.2 Å². The number of aliphatic imine (C=N–C) groups is 1. The third-order valence-corrected chi connectivity index (χ3v) is 9.44. The number of hydrogen-bond acceptors (Lipinski definition) is 9. The van der Waals surface area contributed by atoms with E-state index in [0.29, 0.717) is 16.2 Å². The highest BCUT2D eigenvalue weighted by molar-refractivity contribution is 7.93. The van der Waals surface area contributed by atoms with Crippen molar-refractivity contribution in [3.8, 4) is 28.0 Å². The molecular formula is C20H21FN4O4S2. The van der Waals surface area contributed by atoms with Crippen molar-refractivity contribution < 1.29 is 22.0 Å². The van der Waals surface area contributed by atoms with Gasteiger partial charge in [-0.2, -0.15) is 0 Å². The number of thiophene rings is 1. The first-order valence-electron chi connectivity index (χ1n) is 9.33. The van der Waals surface area contributed by atoms with Crippen molar-refractivity contribution in [2.75, 3.05) is 12.9 Å². The number of rotatable bonds is 4. The smallest absolute Gasteiger partial charge is 0.258 e. The van der Waals surface area contributed by atoms with Crippen LogP contribution in [0.2, 0.25) is 0 Å². The van der Waals surface area contributed by atoms with Crippen molar-refractivity contribution in [2.45, 2.75) is 31.1 Å². The van der Waals surface area contributed by atoms with Crippen LogP contribution in [0.25, 0.3) is 22.2 Å². The minimum Gasteiger partial charge on any atom is -0.497 e. The molecule has 1 aliphatic rings. The molecule has 0 unspecified atom stereocenters. The number of aromatic nitrogens is 2. The zero-order chi connectivity index (χ0) is 22.6. The van der Waals surface area contributed by atoms with Crippen LogP contribution >= 0.6 is 11.3 Å². The van der Waals surface area contributed by atoms with Gasteiger partial charge in [0.2, 0.25) is 5.89 Å². The summed E-state index contributed by atoms with van der Waals surface area (Å²) in [5.41, 5.74) is 5.30. The molecule has 11 heteroatoms. The van der Waals surface area contributed by atoms with Crippen LogP contribution < -0.4 is 10.5 Å². The van der Waals surface area contributed by atoms with Gasteiger partial charge in [-0.25, -0.2) is 12.8 Å². The van der Waals surface area contributed by atoms with Crippen molar-refractivity contribution in [1.29, 1.82) is 0 Å². The van der Waals surface area contributed by atoms with E-state index in [4.69, 9.17) is 14.9 Å². The summed E-state index contributed by atoms with van der Waals surface area (Å²) in [5, 5.41) is 8.04. The second-order valence-corrected chi connectivity index (χ2v) is 11.6. The SMILES string of the molecule is COc1ccc(-c2nnc(-c3cc(F)c([C@]4(C)CS(=O)(=O)C(C)(C)C(N)=N4)s3)o2)cc1. The third-order valence-electron chi connectivity index (χ3n) is 5.38. The number of nitrogens with two attached hydrogens (primary N) is 1. The number of benzene rings is 1. The van der Waals surface area contributed by atoms with Crippen LogP contribution in [-0.2, 0) is 15.4 Å². The molecule has 31 heavy (non-hydrogen) atoms. The first kappa shape index (κ1) is 21.4. The van der Waals surface area contributed by atoms with E-state index in [2.05, 4.69) is 15.2 Å². The molecule has 0 amide bonds. The molecule has 2 N–H and O–H groups in total. The first-order chi connectivity index (χ1) is 14.5. The molecule has 0 fully saturated rings. The van der Waals surface area contributed by atoms with E-state index in [0.717, 1.165) is 11.3 Å². The average Bonchev–Trinajstić information content (AvgIpc) is 3.33. The van der Waals surface area contributed by atoms with E-state index in [1.807, 2.05) is 0 Å². The van der Waals surface area contributed by atoms with E-state index in [9.17, 15) is 12.8 Å². The minimum absolute atomic E-state index is 0.0461. The number of methoxy groups -OCH3 is 1. The summed E-state index contributed by atoms with van der Waals surface area (Å²) >= 11 is 1.02. The lowest BCUT2D eigenvalue weighted by Gasteiger charge is -2.37. The normalized spacial score (nSPS) is 22.2. The summed E-state index contributed by atoms with van der Waals surface area (Å²) in [6.45, 7) is 4.55. The predicted molar refractivity (Wildman–Crippen MR) is 116 cm³/mol.